The maximum absolute atomic E-state index is 12.9. The topological polar surface area (TPSA) is 43.6 Å². The molecule has 24 heavy (non-hydrogen) atoms. The number of thiazole rings is 1. The summed E-state index contributed by atoms with van der Waals surface area (Å²) in [7, 11) is 1.65. The van der Waals surface area contributed by atoms with Crippen LogP contribution in [0.4, 0.5) is 0 Å². The molecule has 1 aromatic carbocycles. The fourth-order valence-corrected chi connectivity index (χ4v) is 4.12. The van der Waals surface area contributed by atoms with Crippen molar-refractivity contribution >= 4 is 28.2 Å². The molecule has 1 aliphatic carbocycles. The van der Waals surface area contributed by atoms with Crippen LogP contribution in [0.5, 0.6) is 5.75 Å². The number of nitrogens with zero attached hydrogens (tertiary/aromatic N) is 2. The summed E-state index contributed by atoms with van der Waals surface area (Å²) in [4.78, 5) is 19.6. The largest absolute Gasteiger partial charge is 0.497 e. The highest BCUT2D eigenvalue weighted by Gasteiger charge is 2.23. The summed E-state index contributed by atoms with van der Waals surface area (Å²) in [6.45, 7) is 4.06. The summed E-state index contributed by atoms with van der Waals surface area (Å²) in [5.74, 6) is 0.913. The maximum atomic E-state index is 12.9. The standard InChI is InChI=1S/C19H18N2O2S/c1-11-10-21-17(12(2)20-19(21)24-11)9-14-5-4-13-8-15(23-3)6-7-16(13)18(14)22/h6-10H,4-5H2,1-3H3. The number of aryl methyl sites for hydroxylation is 3. The fraction of sp³-hybridized carbons (Fsp3) is 0.263. The van der Waals surface area contributed by atoms with Crippen molar-refractivity contribution in [1.82, 2.24) is 9.38 Å². The lowest BCUT2D eigenvalue weighted by molar-refractivity contribution is 0.102. The van der Waals surface area contributed by atoms with Crippen molar-refractivity contribution in [3.63, 3.8) is 0 Å². The Balaban J connectivity index is 1.77. The van der Waals surface area contributed by atoms with E-state index in [1.54, 1.807) is 18.4 Å². The van der Waals surface area contributed by atoms with Gasteiger partial charge in [-0.3, -0.25) is 9.20 Å². The SMILES string of the molecule is COc1ccc2c(c1)CCC(=Cc1c(C)nc3sc(C)cn13)C2=O. The van der Waals surface area contributed by atoms with E-state index in [0.717, 1.165) is 51.6 Å². The molecule has 0 aliphatic heterocycles. The van der Waals surface area contributed by atoms with Crippen molar-refractivity contribution in [3.8, 4) is 5.75 Å². The number of hydrogen-bond acceptors (Lipinski definition) is 4. The summed E-state index contributed by atoms with van der Waals surface area (Å²) in [6.07, 6.45) is 5.69. The number of hydrogen-bond donors (Lipinski definition) is 0. The zero-order chi connectivity index (χ0) is 16.8. The first-order valence-corrected chi connectivity index (χ1v) is 8.76. The van der Waals surface area contributed by atoms with Crippen molar-refractivity contribution in [2.24, 2.45) is 0 Å². The molecule has 0 saturated heterocycles. The lowest BCUT2D eigenvalue weighted by Gasteiger charge is -2.18. The summed E-state index contributed by atoms with van der Waals surface area (Å²) in [5.41, 5.74) is 4.67. The van der Waals surface area contributed by atoms with Gasteiger partial charge in [0, 0.05) is 22.2 Å². The summed E-state index contributed by atoms with van der Waals surface area (Å²) >= 11 is 1.67. The second kappa shape index (κ2) is 5.60. The molecule has 0 N–H and O–H groups in total. The quantitative estimate of drug-likeness (QED) is 0.657. The molecule has 0 atom stereocenters. The number of allylic oxidation sites excluding steroid dienone is 1. The van der Waals surface area contributed by atoms with Crippen LogP contribution in [0, 0.1) is 13.8 Å². The zero-order valence-corrected chi connectivity index (χ0v) is 14.7. The van der Waals surface area contributed by atoms with Crippen molar-refractivity contribution in [2.45, 2.75) is 26.7 Å². The van der Waals surface area contributed by atoms with Crippen molar-refractivity contribution in [2.75, 3.05) is 7.11 Å². The molecule has 5 heteroatoms. The van der Waals surface area contributed by atoms with Gasteiger partial charge in [-0.25, -0.2) is 4.98 Å². The lowest BCUT2D eigenvalue weighted by Crippen LogP contribution is -2.14. The van der Waals surface area contributed by atoms with Crippen molar-refractivity contribution in [1.29, 1.82) is 0 Å². The highest BCUT2D eigenvalue weighted by atomic mass is 32.1. The Labute approximate surface area is 144 Å². The molecule has 3 aromatic rings. The van der Waals surface area contributed by atoms with E-state index in [-0.39, 0.29) is 5.78 Å². The third-order valence-electron chi connectivity index (χ3n) is 4.49. The molecular formula is C19H18N2O2S. The number of benzene rings is 1. The number of imidazole rings is 1. The molecule has 0 fully saturated rings. The van der Waals surface area contributed by atoms with Gasteiger partial charge in [0.1, 0.15) is 5.75 Å². The molecule has 4 rings (SSSR count). The van der Waals surface area contributed by atoms with Gasteiger partial charge in [-0.15, -0.1) is 11.3 Å². The third-order valence-corrected chi connectivity index (χ3v) is 5.38. The molecule has 0 spiro atoms. The van der Waals surface area contributed by atoms with Crippen LogP contribution in [-0.4, -0.2) is 22.3 Å². The molecule has 1 aliphatic rings. The Morgan fingerprint density at radius 1 is 1.29 bits per heavy atom. The minimum Gasteiger partial charge on any atom is -0.497 e. The summed E-state index contributed by atoms with van der Waals surface area (Å²) < 4.78 is 7.34. The van der Waals surface area contributed by atoms with Crippen LogP contribution in [0.1, 0.15) is 38.6 Å². The number of methoxy groups -OCH3 is 1. The van der Waals surface area contributed by atoms with Gasteiger partial charge < -0.3 is 4.74 Å². The number of carbonyl (C=O) groups is 1. The fourth-order valence-electron chi connectivity index (χ4n) is 3.24. The Morgan fingerprint density at radius 3 is 2.92 bits per heavy atom. The van der Waals surface area contributed by atoms with E-state index in [0.29, 0.717) is 0 Å². The first-order valence-electron chi connectivity index (χ1n) is 7.94. The van der Waals surface area contributed by atoms with Crippen LogP contribution in [0.15, 0.2) is 30.0 Å². The van der Waals surface area contributed by atoms with Gasteiger partial charge >= 0.3 is 0 Å². The Morgan fingerprint density at radius 2 is 2.12 bits per heavy atom. The van der Waals surface area contributed by atoms with Gasteiger partial charge in [-0.05, 0) is 56.5 Å². The van der Waals surface area contributed by atoms with Gasteiger partial charge in [0.05, 0.1) is 18.5 Å². The maximum Gasteiger partial charge on any atom is 0.194 e. The van der Waals surface area contributed by atoms with Crippen molar-refractivity contribution < 1.29 is 9.53 Å². The number of ketones is 1. The predicted molar refractivity (Wildman–Crippen MR) is 96.2 cm³/mol. The van der Waals surface area contributed by atoms with Gasteiger partial charge in [0.15, 0.2) is 10.7 Å². The molecule has 4 nitrogen and oxygen atoms in total. The third kappa shape index (κ3) is 2.36. The number of carbonyl (C=O) groups excluding carboxylic acids is 1. The molecule has 0 amide bonds. The Bertz CT molecular complexity index is 994. The van der Waals surface area contributed by atoms with Crippen molar-refractivity contribution in [3.05, 3.63) is 57.4 Å². The van der Waals surface area contributed by atoms with Gasteiger partial charge in [0.2, 0.25) is 0 Å². The van der Waals surface area contributed by atoms with E-state index in [1.165, 1.54) is 4.88 Å². The highest BCUT2D eigenvalue weighted by Crippen LogP contribution is 2.30. The minimum atomic E-state index is 0.111. The van der Waals surface area contributed by atoms with E-state index in [4.69, 9.17) is 4.74 Å². The molecule has 2 aromatic heterocycles. The summed E-state index contributed by atoms with van der Waals surface area (Å²) in [6, 6.07) is 5.69. The molecule has 0 saturated carbocycles. The molecule has 0 unspecified atom stereocenters. The van der Waals surface area contributed by atoms with E-state index in [1.807, 2.05) is 31.2 Å². The summed E-state index contributed by atoms with van der Waals surface area (Å²) in [5, 5.41) is 0. The first-order chi connectivity index (χ1) is 11.6. The normalized spacial score (nSPS) is 16.0. The number of ether oxygens (including phenoxy) is 1. The van der Waals surface area contributed by atoms with E-state index >= 15 is 0 Å². The van der Waals surface area contributed by atoms with Gasteiger partial charge in [-0.2, -0.15) is 0 Å². The Hall–Kier alpha value is -2.40. The van der Waals surface area contributed by atoms with E-state index in [9.17, 15) is 4.79 Å². The Kier molecular flexibility index (Phi) is 3.53. The molecule has 0 radical (unpaired) electrons. The van der Waals surface area contributed by atoms with Gasteiger partial charge in [-0.1, -0.05) is 0 Å². The average Bonchev–Trinajstić information content (AvgIpc) is 3.06. The molecule has 0 bridgehead atoms. The molecule has 122 valence electrons. The zero-order valence-electron chi connectivity index (χ0n) is 13.9. The number of rotatable bonds is 2. The van der Waals surface area contributed by atoms with Crippen LogP contribution in [-0.2, 0) is 6.42 Å². The second-order valence-electron chi connectivity index (χ2n) is 6.10. The van der Waals surface area contributed by atoms with Crippen LogP contribution in [0.2, 0.25) is 0 Å². The number of fused-ring (bicyclic) bond motifs is 2. The number of aromatic nitrogens is 2. The molecule has 2 heterocycles. The van der Waals surface area contributed by atoms with E-state index in [2.05, 4.69) is 22.5 Å². The average molecular weight is 338 g/mol. The molecular weight excluding hydrogens is 320 g/mol. The smallest absolute Gasteiger partial charge is 0.194 e. The van der Waals surface area contributed by atoms with Crippen LogP contribution in [0.3, 0.4) is 0 Å². The highest BCUT2D eigenvalue weighted by molar-refractivity contribution is 7.17. The van der Waals surface area contributed by atoms with Crippen LogP contribution < -0.4 is 4.74 Å². The minimum absolute atomic E-state index is 0.111. The monoisotopic (exact) mass is 338 g/mol. The van der Waals surface area contributed by atoms with Gasteiger partial charge in [0.25, 0.3) is 0 Å². The van der Waals surface area contributed by atoms with Crippen LogP contribution >= 0.6 is 11.3 Å². The van der Waals surface area contributed by atoms with E-state index < -0.39 is 0 Å². The number of Topliss-reactive ketones (excluding diaryl/α,β-unsaturated/α-hetero) is 1. The first kappa shape index (κ1) is 15.1. The predicted octanol–water partition coefficient (Wildman–Crippen LogP) is 4.23. The lowest BCUT2D eigenvalue weighted by atomic mass is 9.86. The second-order valence-corrected chi connectivity index (χ2v) is 7.31. The van der Waals surface area contributed by atoms with Crippen LogP contribution in [0.25, 0.3) is 11.0 Å².